The van der Waals surface area contributed by atoms with Crippen LogP contribution in [0.5, 0.6) is 0 Å². The van der Waals surface area contributed by atoms with Crippen LogP contribution in [0.2, 0.25) is 0 Å². The number of aliphatic carboxylic acids is 1. The second-order valence-electron chi connectivity index (χ2n) is 3.26. The van der Waals surface area contributed by atoms with Gasteiger partial charge in [-0.3, -0.25) is 4.79 Å². The number of carboxylic acids is 1. The van der Waals surface area contributed by atoms with E-state index >= 15 is 0 Å². The summed E-state index contributed by atoms with van der Waals surface area (Å²) >= 11 is 0. The third-order valence-corrected chi connectivity index (χ3v) is 2.10. The smallest absolute Gasteiger partial charge is 0.326 e. The van der Waals surface area contributed by atoms with Gasteiger partial charge in [0.05, 0.1) is 5.69 Å². The third-order valence-electron chi connectivity index (χ3n) is 2.10. The molecule has 0 bridgehead atoms. The number of aryl methyl sites for hydroxylation is 1. The van der Waals surface area contributed by atoms with Crippen molar-refractivity contribution in [1.29, 1.82) is 0 Å². The van der Waals surface area contributed by atoms with Gasteiger partial charge in [0, 0.05) is 13.1 Å². The molecule has 0 saturated heterocycles. The van der Waals surface area contributed by atoms with Crippen molar-refractivity contribution in [2.75, 3.05) is 7.05 Å². The summed E-state index contributed by atoms with van der Waals surface area (Å²) in [7, 11) is 1.40. The maximum absolute atomic E-state index is 11.6. The van der Waals surface area contributed by atoms with Crippen LogP contribution in [0.1, 0.15) is 23.2 Å². The van der Waals surface area contributed by atoms with E-state index in [0.29, 0.717) is 5.69 Å². The lowest BCUT2D eigenvalue weighted by Crippen LogP contribution is -2.40. The molecule has 1 unspecified atom stereocenters. The number of hydrogen-bond acceptors (Lipinski definition) is 4. The molecule has 6 nitrogen and oxygen atoms in total. The Balaban J connectivity index is 2.81. The van der Waals surface area contributed by atoms with E-state index in [4.69, 9.17) is 9.63 Å². The lowest BCUT2D eigenvalue weighted by molar-refractivity contribution is -0.141. The SMILES string of the molecule is Cc1cc(C(=O)N(C)C(C)C(=O)O)on1. The minimum Gasteiger partial charge on any atom is -0.480 e. The average molecular weight is 212 g/mol. The molecule has 82 valence electrons. The lowest BCUT2D eigenvalue weighted by Gasteiger charge is -2.19. The molecule has 0 aliphatic rings. The highest BCUT2D eigenvalue weighted by Gasteiger charge is 2.25. The van der Waals surface area contributed by atoms with Gasteiger partial charge in [0.2, 0.25) is 5.76 Å². The predicted octanol–water partition coefficient (Wildman–Crippen LogP) is 0.528. The minimum absolute atomic E-state index is 0.0445. The molecule has 15 heavy (non-hydrogen) atoms. The Morgan fingerprint density at radius 2 is 2.20 bits per heavy atom. The van der Waals surface area contributed by atoms with Crippen LogP contribution in [0.15, 0.2) is 10.6 Å². The van der Waals surface area contributed by atoms with Gasteiger partial charge >= 0.3 is 5.97 Å². The molecule has 1 heterocycles. The molecule has 1 aromatic heterocycles. The van der Waals surface area contributed by atoms with Gasteiger partial charge in [-0.05, 0) is 13.8 Å². The number of hydrogen-bond donors (Lipinski definition) is 1. The molecule has 6 heteroatoms. The topological polar surface area (TPSA) is 83.6 Å². The highest BCUT2D eigenvalue weighted by molar-refractivity contribution is 5.93. The second-order valence-corrected chi connectivity index (χ2v) is 3.26. The molecule has 0 aromatic carbocycles. The molecule has 1 rings (SSSR count). The molecule has 0 spiro atoms. The van der Waals surface area contributed by atoms with Gasteiger partial charge in [-0.2, -0.15) is 0 Å². The van der Waals surface area contributed by atoms with Crippen LogP contribution in [0.3, 0.4) is 0 Å². The molecule has 0 radical (unpaired) electrons. The fourth-order valence-electron chi connectivity index (χ4n) is 0.980. The fraction of sp³-hybridized carbons (Fsp3) is 0.444. The van der Waals surface area contributed by atoms with Gasteiger partial charge in [-0.25, -0.2) is 4.79 Å². The first-order valence-corrected chi connectivity index (χ1v) is 4.36. The molecule has 1 aromatic rings. The van der Waals surface area contributed by atoms with E-state index in [9.17, 15) is 9.59 Å². The maximum Gasteiger partial charge on any atom is 0.326 e. The van der Waals surface area contributed by atoms with E-state index in [1.165, 1.54) is 20.0 Å². The van der Waals surface area contributed by atoms with Crippen molar-refractivity contribution in [2.24, 2.45) is 0 Å². The zero-order chi connectivity index (χ0) is 11.6. The van der Waals surface area contributed by atoms with E-state index in [-0.39, 0.29) is 5.76 Å². The molecule has 1 atom stereocenters. The Bertz CT molecular complexity index is 385. The summed E-state index contributed by atoms with van der Waals surface area (Å²) in [6.07, 6.45) is 0. The zero-order valence-electron chi connectivity index (χ0n) is 8.72. The predicted molar refractivity (Wildman–Crippen MR) is 50.4 cm³/mol. The number of aromatic nitrogens is 1. The van der Waals surface area contributed by atoms with Crippen LogP contribution < -0.4 is 0 Å². The fourth-order valence-corrected chi connectivity index (χ4v) is 0.980. The van der Waals surface area contributed by atoms with Crippen molar-refractivity contribution in [3.8, 4) is 0 Å². The number of rotatable bonds is 3. The van der Waals surface area contributed by atoms with E-state index in [1.54, 1.807) is 6.92 Å². The standard InChI is InChI=1S/C9H12N2O4/c1-5-4-7(15-10-5)8(12)11(3)6(2)9(13)14/h4,6H,1-3H3,(H,13,14). The summed E-state index contributed by atoms with van der Waals surface area (Å²) in [5.41, 5.74) is 0.578. The van der Waals surface area contributed by atoms with E-state index in [1.807, 2.05) is 0 Å². The van der Waals surface area contributed by atoms with Crippen molar-refractivity contribution in [3.05, 3.63) is 17.5 Å². The Kier molecular flexibility index (Phi) is 3.08. The van der Waals surface area contributed by atoms with Gasteiger partial charge in [-0.15, -0.1) is 0 Å². The van der Waals surface area contributed by atoms with E-state index in [2.05, 4.69) is 5.16 Å². The first kappa shape index (κ1) is 11.2. The molecule has 0 aliphatic heterocycles. The van der Waals surface area contributed by atoms with E-state index < -0.39 is 17.9 Å². The zero-order valence-corrected chi connectivity index (χ0v) is 8.72. The minimum atomic E-state index is -1.07. The molecule has 1 amide bonds. The van der Waals surface area contributed by atoms with Crippen LogP contribution in [0.4, 0.5) is 0 Å². The maximum atomic E-state index is 11.6. The lowest BCUT2D eigenvalue weighted by atomic mass is 10.2. The third kappa shape index (κ3) is 2.34. The normalized spacial score (nSPS) is 12.2. The van der Waals surface area contributed by atoms with Gasteiger partial charge < -0.3 is 14.5 Å². The summed E-state index contributed by atoms with van der Waals surface area (Å²) in [6.45, 7) is 3.10. The summed E-state index contributed by atoms with van der Waals surface area (Å²) in [5, 5.41) is 12.3. The summed E-state index contributed by atoms with van der Waals surface area (Å²) < 4.78 is 4.74. The Hall–Kier alpha value is -1.85. The number of nitrogens with zero attached hydrogens (tertiary/aromatic N) is 2. The molecular weight excluding hydrogens is 200 g/mol. The highest BCUT2D eigenvalue weighted by Crippen LogP contribution is 2.08. The van der Waals surface area contributed by atoms with Gasteiger partial charge in [-0.1, -0.05) is 5.16 Å². The number of carbonyl (C=O) groups excluding carboxylic acids is 1. The monoisotopic (exact) mass is 212 g/mol. The number of carboxylic acid groups (broad SMARTS) is 1. The van der Waals surface area contributed by atoms with Crippen LogP contribution in [0.25, 0.3) is 0 Å². The van der Waals surface area contributed by atoms with Gasteiger partial charge in [0.1, 0.15) is 6.04 Å². The van der Waals surface area contributed by atoms with Crippen LogP contribution in [-0.2, 0) is 4.79 Å². The van der Waals surface area contributed by atoms with Crippen molar-refractivity contribution in [1.82, 2.24) is 10.1 Å². The molecule has 0 saturated carbocycles. The van der Waals surface area contributed by atoms with Crippen molar-refractivity contribution < 1.29 is 19.2 Å². The number of amides is 1. The van der Waals surface area contributed by atoms with Crippen LogP contribution >= 0.6 is 0 Å². The molecule has 0 aliphatic carbocycles. The van der Waals surface area contributed by atoms with Gasteiger partial charge in [0.15, 0.2) is 0 Å². The number of likely N-dealkylation sites (N-methyl/N-ethyl adjacent to an activating group) is 1. The number of carbonyl (C=O) groups is 2. The first-order chi connectivity index (χ1) is 6.93. The molecule has 0 fully saturated rings. The van der Waals surface area contributed by atoms with Crippen molar-refractivity contribution in [3.63, 3.8) is 0 Å². The average Bonchev–Trinajstić information content (AvgIpc) is 2.61. The second kappa shape index (κ2) is 4.12. The summed E-state index contributed by atoms with van der Waals surface area (Å²) in [6, 6.07) is 0.566. The summed E-state index contributed by atoms with van der Waals surface area (Å²) in [4.78, 5) is 23.4. The highest BCUT2D eigenvalue weighted by atomic mass is 16.5. The molecule has 1 N–H and O–H groups in total. The van der Waals surface area contributed by atoms with Crippen molar-refractivity contribution >= 4 is 11.9 Å². The van der Waals surface area contributed by atoms with Crippen molar-refractivity contribution in [2.45, 2.75) is 19.9 Å². The first-order valence-electron chi connectivity index (χ1n) is 4.36. The van der Waals surface area contributed by atoms with E-state index in [0.717, 1.165) is 4.90 Å². The van der Waals surface area contributed by atoms with Crippen LogP contribution in [0, 0.1) is 6.92 Å². The summed E-state index contributed by atoms with van der Waals surface area (Å²) in [5.74, 6) is -1.52. The Labute approximate surface area is 86.5 Å². The quantitative estimate of drug-likeness (QED) is 0.790. The van der Waals surface area contributed by atoms with Gasteiger partial charge in [0.25, 0.3) is 5.91 Å². The van der Waals surface area contributed by atoms with Crippen LogP contribution in [-0.4, -0.2) is 40.1 Å². The molecular formula is C9H12N2O4. The Morgan fingerprint density at radius 1 is 1.60 bits per heavy atom. The Morgan fingerprint density at radius 3 is 2.60 bits per heavy atom. The largest absolute Gasteiger partial charge is 0.480 e.